The number of hydrogen-bond donors (Lipinski definition) is 2. The monoisotopic (exact) mass is 239 g/mol. The minimum absolute atomic E-state index is 0.102. The second kappa shape index (κ2) is 4.96. The Morgan fingerprint density at radius 2 is 2.25 bits per heavy atom. The fourth-order valence-corrected chi connectivity index (χ4v) is 1.48. The van der Waals surface area contributed by atoms with Gasteiger partial charge in [0.1, 0.15) is 5.75 Å². The van der Waals surface area contributed by atoms with Crippen LogP contribution in [-0.2, 0) is 13.1 Å². The molecule has 0 radical (unpaired) electrons. The van der Waals surface area contributed by atoms with Crippen LogP contribution in [0, 0.1) is 0 Å². The van der Waals surface area contributed by atoms with E-state index in [1.165, 1.54) is 6.39 Å². The number of halogens is 1. The second-order valence-corrected chi connectivity index (χ2v) is 3.61. The van der Waals surface area contributed by atoms with Crippen molar-refractivity contribution in [3.05, 3.63) is 41.0 Å². The molecule has 0 aliphatic carbocycles. The summed E-state index contributed by atoms with van der Waals surface area (Å²) in [6.45, 7) is 0.962. The predicted molar refractivity (Wildman–Crippen MR) is 58.0 cm³/mol. The van der Waals surface area contributed by atoms with E-state index in [0.29, 0.717) is 23.9 Å². The van der Waals surface area contributed by atoms with Gasteiger partial charge in [0.2, 0.25) is 6.39 Å². The van der Waals surface area contributed by atoms with Gasteiger partial charge in [-0.2, -0.15) is 4.98 Å². The smallest absolute Gasteiger partial charge is 0.213 e. The van der Waals surface area contributed by atoms with Gasteiger partial charge in [-0.25, -0.2) is 0 Å². The number of aromatic hydroxyl groups is 1. The topological polar surface area (TPSA) is 71.2 Å². The van der Waals surface area contributed by atoms with E-state index in [4.69, 9.17) is 11.6 Å². The molecule has 0 unspecified atom stereocenters. The first-order valence-corrected chi connectivity index (χ1v) is 5.07. The zero-order chi connectivity index (χ0) is 11.4. The van der Waals surface area contributed by atoms with Crippen LogP contribution in [0.25, 0.3) is 0 Å². The molecule has 6 heteroatoms. The summed E-state index contributed by atoms with van der Waals surface area (Å²) in [5.74, 6) is 0.672. The van der Waals surface area contributed by atoms with Gasteiger partial charge in [0.05, 0.1) is 11.6 Å². The van der Waals surface area contributed by atoms with Crippen LogP contribution >= 0.6 is 11.6 Å². The SMILES string of the molecule is Oc1c(Cl)cccc1CNCc1ncon1. The predicted octanol–water partition coefficient (Wildman–Crippen LogP) is 1.72. The number of phenolic OH excluding ortho intramolecular Hbond substituents is 1. The van der Waals surface area contributed by atoms with Crippen LogP contribution in [0.4, 0.5) is 0 Å². The number of benzene rings is 1. The van der Waals surface area contributed by atoms with Crippen LogP contribution < -0.4 is 5.32 Å². The minimum atomic E-state index is 0.102. The Morgan fingerprint density at radius 1 is 1.38 bits per heavy atom. The van der Waals surface area contributed by atoms with E-state index in [0.717, 1.165) is 5.56 Å². The summed E-state index contributed by atoms with van der Waals surface area (Å²) in [6.07, 6.45) is 1.27. The molecule has 5 nitrogen and oxygen atoms in total. The largest absolute Gasteiger partial charge is 0.506 e. The summed E-state index contributed by atoms with van der Waals surface area (Å²) in [4.78, 5) is 3.86. The standard InChI is InChI=1S/C10H10ClN3O2/c11-8-3-1-2-7(10(8)15)4-12-5-9-13-6-16-14-9/h1-3,6,12,15H,4-5H2. The van der Waals surface area contributed by atoms with Crippen LogP contribution in [-0.4, -0.2) is 15.2 Å². The average Bonchev–Trinajstić information content (AvgIpc) is 2.77. The molecule has 84 valence electrons. The van der Waals surface area contributed by atoms with E-state index in [1.807, 2.05) is 0 Å². The van der Waals surface area contributed by atoms with E-state index in [1.54, 1.807) is 18.2 Å². The Hall–Kier alpha value is -1.59. The maximum atomic E-state index is 9.63. The molecule has 2 rings (SSSR count). The minimum Gasteiger partial charge on any atom is -0.506 e. The second-order valence-electron chi connectivity index (χ2n) is 3.20. The zero-order valence-electron chi connectivity index (χ0n) is 8.35. The van der Waals surface area contributed by atoms with Crippen molar-refractivity contribution in [3.63, 3.8) is 0 Å². The van der Waals surface area contributed by atoms with E-state index in [9.17, 15) is 5.11 Å². The van der Waals surface area contributed by atoms with E-state index >= 15 is 0 Å². The van der Waals surface area contributed by atoms with Gasteiger partial charge in [-0.05, 0) is 6.07 Å². The molecule has 0 fully saturated rings. The highest BCUT2D eigenvalue weighted by atomic mass is 35.5. The molecule has 0 amide bonds. The highest BCUT2D eigenvalue weighted by Crippen LogP contribution is 2.26. The van der Waals surface area contributed by atoms with Crippen molar-refractivity contribution in [1.29, 1.82) is 0 Å². The molecular formula is C10H10ClN3O2. The molecule has 1 aromatic carbocycles. The first kappa shape index (κ1) is 10.9. The average molecular weight is 240 g/mol. The highest BCUT2D eigenvalue weighted by molar-refractivity contribution is 6.32. The van der Waals surface area contributed by atoms with Gasteiger partial charge in [-0.1, -0.05) is 28.9 Å². The third-order valence-electron chi connectivity index (χ3n) is 2.08. The first-order valence-electron chi connectivity index (χ1n) is 4.69. The Kier molecular flexibility index (Phi) is 3.38. The van der Waals surface area contributed by atoms with Crippen molar-refractivity contribution >= 4 is 11.6 Å². The Bertz CT molecular complexity index is 459. The van der Waals surface area contributed by atoms with E-state index < -0.39 is 0 Å². The summed E-state index contributed by atoms with van der Waals surface area (Å²) in [6, 6.07) is 5.22. The van der Waals surface area contributed by atoms with Crippen molar-refractivity contribution in [2.45, 2.75) is 13.1 Å². The molecular weight excluding hydrogens is 230 g/mol. The van der Waals surface area contributed by atoms with Gasteiger partial charge in [-0.3, -0.25) is 0 Å². The summed E-state index contributed by atoms with van der Waals surface area (Å²) in [5.41, 5.74) is 0.732. The van der Waals surface area contributed by atoms with Crippen LogP contribution in [0.2, 0.25) is 5.02 Å². The Morgan fingerprint density at radius 3 is 3.00 bits per heavy atom. The van der Waals surface area contributed by atoms with E-state index in [-0.39, 0.29) is 5.75 Å². The first-order chi connectivity index (χ1) is 7.77. The Balaban J connectivity index is 1.92. The summed E-state index contributed by atoms with van der Waals surface area (Å²) in [5, 5.41) is 16.7. The third-order valence-corrected chi connectivity index (χ3v) is 2.38. The molecule has 0 bridgehead atoms. The van der Waals surface area contributed by atoms with Crippen molar-refractivity contribution in [2.75, 3.05) is 0 Å². The maximum Gasteiger partial charge on any atom is 0.213 e. The van der Waals surface area contributed by atoms with Gasteiger partial charge in [0.15, 0.2) is 5.82 Å². The molecule has 0 saturated carbocycles. The molecule has 0 saturated heterocycles. The molecule has 1 aromatic heterocycles. The van der Waals surface area contributed by atoms with Crippen molar-refractivity contribution < 1.29 is 9.63 Å². The van der Waals surface area contributed by atoms with Crippen molar-refractivity contribution in [1.82, 2.24) is 15.5 Å². The van der Waals surface area contributed by atoms with Crippen LogP contribution in [0.1, 0.15) is 11.4 Å². The lowest BCUT2D eigenvalue weighted by atomic mass is 10.2. The van der Waals surface area contributed by atoms with Gasteiger partial charge in [0, 0.05) is 12.1 Å². The molecule has 0 spiro atoms. The van der Waals surface area contributed by atoms with Crippen molar-refractivity contribution in [3.8, 4) is 5.75 Å². The molecule has 0 aliphatic heterocycles. The van der Waals surface area contributed by atoms with Gasteiger partial charge in [-0.15, -0.1) is 0 Å². The molecule has 16 heavy (non-hydrogen) atoms. The number of rotatable bonds is 4. The third kappa shape index (κ3) is 2.50. The Labute approximate surface area is 97.1 Å². The highest BCUT2D eigenvalue weighted by Gasteiger charge is 2.05. The van der Waals surface area contributed by atoms with Gasteiger partial charge in [0.25, 0.3) is 0 Å². The summed E-state index contributed by atoms with van der Waals surface area (Å²) in [7, 11) is 0. The molecule has 0 atom stereocenters. The lowest BCUT2D eigenvalue weighted by molar-refractivity contribution is 0.407. The van der Waals surface area contributed by atoms with Crippen molar-refractivity contribution in [2.24, 2.45) is 0 Å². The molecule has 2 N–H and O–H groups in total. The quantitative estimate of drug-likeness (QED) is 0.850. The zero-order valence-corrected chi connectivity index (χ0v) is 9.11. The fraction of sp³-hybridized carbons (Fsp3) is 0.200. The van der Waals surface area contributed by atoms with Gasteiger partial charge >= 0.3 is 0 Å². The van der Waals surface area contributed by atoms with Gasteiger partial charge < -0.3 is 14.9 Å². The molecule has 1 heterocycles. The number of para-hydroxylation sites is 1. The molecule has 2 aromatic rings. The lowest BCUT2D eigenvalue weighted by Gasteiger charge is -2.06. The lowest BCUT2D eigenvalue weighted by Crippen LogP contribution is -2.13. The summed E-state index contributed by atoms with van der Waals surface area (Å²) >= 11 is 5.77. The number of nitrogens with zero attached hydrogens (tertiary/aromatic N) is 2. The van der Waals surface area contributed by atoms with Crippen LogP contribution in [0.3, 0.4) is 0 Å². The fourth-order valence-electron chi connectivity index (χ4n) is 1.28. The number of phenols is 1. The number of hydrogen-bond acceptors (Lipinski definition) is 5. The number of aromatic nitrogens is 2. The summed E-state index contributed by atoms with van der Waals surface area (Å²) < 4.78 is 4.59. The normalized spacial score (nSPS) is 10.6. The molecule has 0 aliphatic rings. The van der Waals surface area contributed by atoms with E-state index in [2.05, 4.69) is 20.0 Å². The maximum absolute atomic E-state index is 9.63. The number of nitrogens with one attached hydrogen (secondary N) is 1. The van der Waals surface area contributed by atoms with Crippen LogP contribution in [0.5, 0.6) is 5.75 Å². The van der Waals surface area contributed by atoms with Crippen LogP contribution in [0.15, 0.2) is 29.1 Å².